The number of ether oxygens (including phenoxy) is 1. The number of benzene rings is 3. The van der Waals surface area contributed by atoms with E-state index in [9.17, 15) is 45.3 Å². The predicted molar refractivity (Wildman–Crippen MR) is 223 cm³/mol. The molecule has 16 heteroatoms. The van der Waals surface area contributed by atoms with Crippen LogP contribution in [0.2, 0.25) is 0 Å². The van der Waals surface area contributed by atoms with Crippen LogP contribution >= 0.6 is 0 Å². The van der Waals surface area contributed by atoms with Crippen LogP contribution in [0.15, 0.2) is 80.2 Å². The van der Waals surface area contributed by atoms with Crippen molar-refractivity contribution in [3.05, 3.63) is 93.1 Å². The summed E-state index contributed by atoms with van der Waals surface area (Å²) >= 11 is 0. The van der Waals surface area contributed by atoms with E-state index in [1.807, 2.05) is 24.1 Å². The van der Waals surface area contributed by atoms with Gasteiger partial charge < -0.3 is 55.1 Å². The molecular formula is C45H51N3O13. The number of phenols is 2. The number of amides is 1. The molecule has 1 saturated heterocycles. The Kier molecular flexibility index (Phi) is 11.5. The summed E-state index contributed by atoms with van der Waals surface area (Å²) < 4.78 is 13.4. The molecule has 0 spiro atoms. The minimum atomic E-state index is -2.40. The van der Waals surface area contributed by atoms with Crippen LogP contribution in [0, 0.1) is 12.8 Å². The van der Waals surface area contributed by atoms with Crippen LogP contribution in [0.4, 0.5) is 5.69 Å². The number of nitrogens with one attached hydrogen (secondary N) is 1. The third kappa shape index (κ3) is 7.89. The predicted octanol–water partition coefficient (Wildman–Crippen LogP) is 3.09. The van der Waals surface area contributed by atoms with Gasteiger partial charge in [-0.15, -0.1) is 0 Å². The Hall–Kier alpha value is -5.33. The lowest BCUT2D eigenvalue weighted by molar-refractivity contribution is -0.371. The Balaban J connectivity index is 1.16. The average molecular weight is 842 g/mol. The second-order valence-electron chi connectivity index (χ2n) is 16.9. The monoisotopic (exact) mass is 841 g/mol. The number of fused-ring (bicyclic) bond motifs is 4. The number of aryl methyl sites for hydroxylation is 1. The zero-order valence-corrected chi connectivity index (χ0v) is 34.1. The summed E-state index contributed by atoms with van der Waals surface area (Å²) in [6.07, 6.45) is 0.440. The second kappa shape index (κ2) is 16.5. The third-order valence-corrected chi connectivity index (χ3v) is 12.6. The largest absolute Gasteiger partial charge is 0.508 e. The lowest BCUT2D eigenvalue weighted by Gasteiger charge is -2.44. The Morgan fingerprint density at radius 1 is 1.07 bits per heavy atom. The van der Waals surface area contributed by atoms with E-state index in [0.29, 0.717) is 82.3 Å². The molecule has 1 amide bonds. The van der Waals surface area contributed by atoms with Crippen LogP contribution in [-0.2, 0) is 27.4 Å². The number of aliphatic hydroxyl groups is 5. The molecule has 1 unspecified atom stereocenters. The van der Waals surface area contributed by atoms with Gasteiger partial charge in [0.15, 0.2) is 16.8 Å². The number of carbonyl (C=O) groups excluding carboxylic acids is 1. The van der Waals surface area contributed by atoms with Gasteiger partial charge in [-0.05, 0) is 86.4 Å². The fraction of sp³-hybridized carbons (Fsp3) is 0.444. The number of hydrogen-bond acceptors (Lipinski definition) is 15. The summed E-state index contributed by atoms with van der Waals surface area (Å²) in [7, 11) is 0. The summed E-state index contributed by atoms with van der Waals surface area (Å²) in [6.45, 7) is 4.42. The quantitative estimate of drug-likeness (QED) is 0.0634. The molecule has 4 aromatic rings. The fourth-order valence-electron chi connectivity index (χ4n) is 9.06. The zero-order valence-electron chi connectivity index (χ0n) is 34.1. The van der Waals surface area contributed by atoms with Crippen molar-refractivity contribution in [2.75, 3.05) is 24.7 Å². The van der Waals surface area contributed by atoms with Gasteiger partial charge >= 0.3 is 0 Å². The van der Waals surface area contributed by atoms with Gasteiger partial charge in [0.25, 0.3) is 0 Å². The zero-order chi connectivity index (χ0) is 43.4. The number of aromatic hydroxyl groups is 2. The SMILES string of the molecule is CCC1C2=CC=NC2=CN1c1c2c(cc3c(=O)cc(C)oc13)C[C@@H](OOC[C@@](O)(Cc1ccc(O)c3ccc(O)cc13)[C@@H](O)[C@H](O)[C@H](O)CO)[C@@](C)(CC[C@@H]1CNC(=O)C1)O2. The molecule has 1 aromatic heterocycles. The Bertz CT molecular complexity index is 2520. The van der Waals surface area contributed by atoms with Crippen molar-refractivity contribution in [3.8, 4) is 17.2 Å². The summed E-state index contributed by atoms with van der Waals surface area (Å²) in [5, 5.41) is 79.2. The van der Waals surface area contributed by atoms with E-state index in [4.69, 9.17) is 18.9 Å². The van der Waals surface area contributed by atoms with Gasteiger partial charge in [-0.1, -0.05) is 13.0 Å². The molecule has 5 heterocycles. The van der Waals surface area contributed by atoms with Crippen LogP contribution in [-0.4, -0.2) is 109 Å². The summed E-state index contributed by atoms with van der Waals surface area (Å²) in [5.74, 6) is 0.641. The first-order chi connectivity index (χ1) is 29.1. The lowest BCUT2D eigenvalue weighted by atomic mass is 9.83. The number of aliphatic hydroxyl groups excluding tert-OH is 4. The molecule has 16 nitrogen and oxygen atoms in total. The molecule has 8 rings (SSSR count). The maximum absolute atomic E-state index is 13.6. The highest BCUT2D eigenvalue weighted by molar-refractivity contribution is 5.97. The molecule has 1 fully saturated rings. The number of hydrogen-bond donors (Lipinski definition) is 8. The van der Waals surface area contributed by atoms with Crippen LogP contribution in [0.3, 0.4) is 0 Å². The molecule has 8 atom stereocenters. The number of nitrogens with zero attached hydrogens (tertiary/aromatic N) is 2. The van der Waals surface area contributed by atoms with Crippen LogP contribution in [0.25, 0.3) is 21.7 Å². The highest BCUT2D eigenvalue weighted by atomic mass is 17.2. The molecular weight excluding hydrogens is 791 g/mol. The van der Waals surface area contributed by atoms with E-state index in [2.05, 4.69) is 17.2 Å². The van der Waals surface area contributed by atoms with Crippen LogP contribution < -0.4 is 20.4 Å². The van der Waals surface area contributed by atoms with Gasteiger partial charge in [-0.2, -0.15) is 0 Å². The Morgan fingerprint density at radius 2 is 1.87 bits per heavy atom. The third-order valence-electron chi connectivity index (χ3n) is 12.6. The fourth-order valence-corrected chi connectivity index (χ4v) is 9.06. The topological polar surface area (TPSA) is 244 Å². The first-order valence-electron chi connectivity index (χ1n) is 20.5. The first kappa shape index (κ1) is 42.4. The van der Waals surface area contributed by atoms with Gasteiger partial charge in [0.05, 0.1) is 23.7 Å². The number of rotatable bonds is 15. The molecule has 61 heavy (non-hydrogen) atoms. The van der Waals surface area contributed by atoms with Crippen LogP contribution in [0.1, 0.15) is 56.4 Å². The maximum Gasteiger partial charge on any atom is 0.220 e. The minimum Gasteiger partial charge on any atom is -0.508 e. The van der Waals surface area contributed by atoms with Crippen LogP contribution in [0.5, 0.6) is 17.2 Å². The molecule has 324 valence electrons. The highest BCUT2D eigenvalue weighted by Gasteiger charge is 2.48. The standard InChI is InChI=1S/C45H51N3O13/c1-4-33-29-10-12-46-32(29)20-48(33)39-41-26(15-31-35(52)13-23(2)59-42(31)39)16-37(44(3,60-41)11-9-24-14-38(54)47-19-24)61-58-22-45(57,43(56)40(55)36(53)21-49)18-25-5-8-34(51)28-7-6-27(50)17-30(25)28/h5-8,10,12-13,15,17,20,24,33,36-37,40,43,49-51,53,55-57H,4,9,11,14,16,18-19,21-22H2,1-3H3,(H,47,54)/t24-,33?,36+,37+,40+,43-,44+,45-/m0/s1. The van der Waals surface area contributed by atoms with E-state index in [-0.39, 0.29) is 41.2 Å². The van der Waals surface area contributed by atoms with Crippen molar-refractivity contribution in [1.82, 2.24) is 5.32 Å². The Morgan fingerprint density at radius 3 is 2.61 bits per heavy atom. The van der Waals surface area contributed by atoms with Crippen molar-refractivity contribution in [1.29, 1.82) is 0 Å². The number of phenolic OH excluding ortho intramolecular Hbond substituents is 2. The molecule has 8 N–H and O–H groups in total. The smallest absolute Gasteiger partial charge is 0.220 e. The van der Waals surface area contributed by atoms with E-state index < -0.39 is 55.3 Å². The number of allylic oxidation sites excluding steroid dienone is 1. The molecule has 0 radical (unpaired) electrons. The van der Waals surface area contributed by atoms with E-state index in [1.54, 1.807) is 19.2 Å². The number of anilines is 1. The Labute approximate surface area is 350 Å². The highest BCUT2D eigenvalue weighted by Crippen LogP contribution is 2.50. The number of aliphatic imine (C=N–C) groups is 1. The normalized spacial score (nSPS) is 24.5. The van der Waals surface area contributed by atoms with Gasteiger partial charge in [-0.3, -0.25) is 14.6 Å². The summed E-state index contributed by atoms with van der Waals surface area (Å²) in [6, 6.07) is 10.1. The minimum absolute atomic E-state index is 0.0174. The first-order valence-corrected chi connectivity index (χ1v) is 20.5. The van der Waals surface area contributed by atoms with Gasteiger partial charge in [-0.25, -0.2) is 9.78 Å². The lowest BCUT2D eigenvalue weighted by Crippen LogP contribution is -2.58. The average Bonchev–Trinajstić information content (AvgIpc) is 3.96. The molecule has 3 aromatic carbocycles. The van der Waals surface area contributed by atoms with E-state index in [0.717, 1.165) is 11.3 Å². The van der Waals surface area contributed by atoms with Crippen molar-refractivity contribution in [2.45, 2.75) is 101 Å². The molecule has 0 bridgehead atoms. The summed E-state index contributed by atoms with van der Waals surface area (Å²) in [4.78, 5) is 44.5. The summed E-state index contributed by atoms with van der Waals surface area (Å²) in [5.41, 5.74) is -0.149. The van der Waals surface area contributed by atoms with E-state index in [1.165, 1.54) is 36.4 Å². The molecule has 4 aliphatic heterocycles. The van der Waals surface area contributed by atoms with Crippen molar-refractivity contribution in [3.63, 3.8) is 0 Å². The van der Waals surface area contributed by atoms with Gasteiger partial charge in [0.1, 0.15) is 65.2 Å². The van der Waals surface area contributed by atoms with Crippen molar-refractivity contribution < 1.29 is 59.5 Å². The molecule has 0 saturated carbocycles. The second-order valence-corrected chi connectivity index (χ2v) is 16.9. The van der Waals surface area contributed by atoms with Crippen molar-refractivity contribution in [2.24, 2.45) is 10.9 Å². The van der Waals surface area contributed by atoms with Crippen molar-refractivity contribution >= 4 is 39.6 Å². The van der Waals surface area contributed by atoms with Gasteiger partial charge in [0, 0.05) is 60.8 Å². The molecule has 4 aliphatic rings. The molecule has 0 aliphatic carbocycles. The van der Waals surface area contributed by atoms with E-state index >= 15 is 0 Å². The maximum atomic E-state index is 13.6. The number of carbonyl (C=O) groups is 1. The van der Waals surface area contributed by atoms with Gasteiger partial charge in [0.2, 0.25) is 5.91 Å².